The van der Waals surface area contributed by atoms with E-state index < -0.39 is 6.04 Å². The molecular weight excluding hydrogens is 344 g/mol. The molecule has 138 valence electrons. The maximum absolute atomic E-state index is 13.3. The first kappa shape index (κ1) is 17.4. The number of rotatable bonds is 5. The maximum atomic E-state index is 13.3. The van der Waals surface area contributed by atoms with Crippen molar-refractivity contribution in [3.63, 3.8) is 0 Å². The molecule has 1 aliphatic rings. The molecule has 0 radical (unpaired) electrons. The molecule has 6 heteroatoms. The van der Waals surface area contributed by atoms with Gasteiger partial charge in [-0.2, -0.15) is 0 Å². The number of aryl methyl sites for hydroxylation is 1. The summed E-state index contributed by atoms with van der Waals surface area (Å²) in [5.41, 5.74) is 2.48. The van der Waals surface area contributed by atoms with Gasteiger partial charge in [0.05, 0.1) is 23.6 Å². The molecule has 1 atom stereocenters. The number of benzene rings is 1. The molecule has 0 aliphatic carbocycles. The Kier molecular flexibility index (Phi) is 4.49. The van der Waals surface area contributed by atoms with E-state index in [1.807, 2.05) is 25.1 Å². The van der Waals surface area contributed by atoms with E-state index in [2.05, 4.69) is 4.98 Å². The Balaban J connectivity index is 1.97. The number of carbonyl (C=O) groups is 1. The lowest BCUT2D eigenvalue weighted by Crippen LogP contribution is -2.32. The van der Waals surface area contributed by atoms with Gasteiger partial charge in [-0.05, 0) is 35.7 Å². The third-order valence-corrected chi connectivity index (χ3v) is 4.97. The molecule has 1 aliphatic heterocycles. The van der Waals surface area contributed by atoms with Crippen LogP contribution in [0.15, 0.2) is 51.9 Å². The summed E-state index contributed by atoms with van der Waals surface area (Å²) < 4.78 is 11.1. The van der Waals surface area contributed by atoms with Gasteiger partial charge in [-0.3, -0.25) is 14.6 Å². The fraction of sp³-hybridized carbons (Fsp3) is 0.286. The van der Waals surface area contributed by atoms with E-state index in [1.54, 1.807) is 36.5 Å². The predicted octanol–water partition coefficient (Wildman–Crippen LogP) is 2.94. The van der Waals surface area contributed by atoms with Crippen LogP contribution in [0.2, 0.25) is 0 Å². The highest BCUT2D eigenvalue weighted by molar-refractivity contribution is 5.99. The van der Waals surface area contributed by atoms with Crippen molar-refractivity contribution in [2.24, 2.45) is 0 Å². The first-order chi connectivity index (χ1) is 13.2. The van der Waals surface area contributed by atoms with Crippen molar-refractivity contribution in [1.82, 2.24) is 9.88 Å². The summed E-state index contributed by atoms with van der Waals surface area (Å²) in [6.07, 6.45) is 4.16. The van der Waals surface area contributed by atoms with Crippen molar-refractivity contribution in [1.29, 1.82) is 0 Å². The van der Waals surface area contributed by atoms with E-state index in [1.165, 1.54) is 0 Å². The number of pyridine rings is 1. The second kappa shape index (κ2) is 6.96. The highest BCUT2D eigenvalue weighted by Crippen LogP contribution is 2.37. The Hall–Kier alpha value is -2.99. The summed E-state index contributed by atoms with van der Waals surface area (Å²) in [4.78, 5) is 32.1. The highest BCUT2D eigenvalue weighted by atomic mass is 16.5. The molecule has 4 rings (SSSR count). The molecule has 0 bridgehead atoms. The Morgan fingerprint density at radius 1 is 1.26 bits per heavy atom. The molecule has 6 nitrogen and oxygen atoms in total. The van der Waals surface area contributed by atoms with E-state index in [0.717, 1.165) is 17.5 Å². The molecule has 0 fully saturated rings. The topological polar surface area (TPSA) is 72.6 Å². The van der Waals surface area contributed by atoms with Crippen LogP contribution in [-0.2, 0) is 11.2 Å². The van der Waals surface area contributed by atoms with E-state index in [-0.39, 0.29) is 17.1 Å². The lowest BCUT2D eigenvalue weighted by atomic mass is 9.99. The van der Waals surface area contributed by atoms with Gasteiger partial charge in [-0.1, -0.05) is 19.1 Å². The molecule has 1 amide bonds. The second-order valence-corrected chi connectivity index (χ2v) is 6.54. The number of amides is 1. The summed E-state index contributed by atoms with van der Waals surface area (Å²) in [5, 5.41) is 0.503. The molecule has 1 unspecified atom stereocenters. The van der Waals surface area contributed by atoms with E-state index in [4.69, 9.17) is 9.15 Å². The number of nitrogens with zero attached hydrogens (tertiary/aromatic N) is 2. The minimum atomic E-state index is -0.526. The first-order valence-electron chi connectivity index (χ1n) is 8.95. The Morgan fingerprint density at radius 3 is 2.81 bits per heavy atom. The van der Waals surface area contributed by atoms with E-state index in [0.29, 0.717) is 29.7 Å². The van der Waals surface area contributed by atoms with Crippen molar-refractivity contribution in [2.45, 2.75) is 19.4 Å². The van der Waals surface area contributed by atoms with Gasteiger partial charge in [0.2, 0.25) is 5.76 Å². The van der Waals surface area contributed by atoms with Gasteiger partial charge >= 0.3 is 0 Å². The number of ether oxygens (including phenoxy) is 1. The normalized spacial score (nSPS) is 16.1. The number of hydrogen-bond donors (Lipinski definition) is 0. The van der Waals surface area contributed by atoms with Gasteiger partial charge in [0.25, 0.3) is 5.91 Å². The van der Waals surface area contributed by atoms with Crippen molar-refractivity contribution in [3.05, 3.63) is 75.4 Å². The van der Waals surface area contributed by atoms with Crippen molar-refractivity contribution in [3.8, 4) is 0 Å². The number of carbonyl (C=O) groups excluding carboxylic acids is 1. The second-order valence-electron chi connectivity index (χ2n) is 6.54. The smallest absolute Gasteiger partial charge is 0.290 e. The maximum Gasteiger partial charge on any atom is 0.290 e. The lowest BCUT2D eigenvalue weighted by Gasteiger charge is -2.24. The third kappa shape index (κ3) is 2.82. The average Bonchev–Trinajstić information content (AvgIpc) is 2.99. The zero-order valence-corrected chi connectivity index (χ0v) is 15.3. The summed E-state index contributed by atoms with van der Waals surface area (Å²) in [7, 11) is 1.58. The Labute approximate surface area is 156 Å². The van der Waals surface area contributed by atoms with Gasteiger partial charge in [-0.15, -0.1) is 0 Å². The standard InChI is InChI=1S/C21H20N2O4/c1-3-13-6-7-16-15(11-13)19(24)17-18(14-5-4-8-22-12-14)23(9-10-26-2)21(25)20(17)27-16/h4-8,11-12,18H,3,9-10H2,1-2H3. The largest absolute Gasteiger partial charge is 0.450 e. The number of methoxy groups -OCH3 is 1. The highest BCUT2D eigenvalue weighted by Gasteiger charge is 2.42. The molecule has 27 heavy (non-hydrogen) atoms. The van der Waals surface area contributed by atoms with Crippen LogP contribution in [0, 0.1) is 0 Å². The minimum absolute atomic E-state index is 0.113. The van der Waals surface area contributed by atoms with Crippen molar-refractivity contribution >= 4 is 16.9 Å². The third-order valence-electron chi connectivity index (χ3n) is 4.97. The first-order valence-corrected chi connectivity index (χ1v) is 8.95. The minimum Gasteiger partial charge on any atom is -0.450 e. The Bertz CT molecular complexity index is 1060. The Morgan fingerprint density at radius 2 is 2.11 bits per heavy atom. The van der Waals surface area contributed by atoms with Crippen LogP contribution in [0.5, 0.6) is 0 Å². The van der Waals surface area contributed by atoms with Crippen LogP contribution >= 0.6 is 0 Å². The number of fused-ring (bicyclic) bond motifs is 2. The van der Waals surface area contributed by atoms with Crippen LogP contribution in [-0.4, -0.2) is 36.1 Å². The van der Waals surface area contributed by atoms with Gasteiger partial charge < -0.3 is 14.1 Å². The molecule has 0 saturated heterocycles. The van der Waals surface area contributed by atoms with Crippen LogP contribution in [0.1, 0.15) is 40.2 Å². The van der Waals surface area contributed by atoms with Gasteiger partial charge in [-0.25, -0.2) is 0 Å². The molecule has 2 aromatic heterocycles. The molecule has 3 aromatic rings. The van der Waals surface area contributed by atoms with Crippen LogP contribution in [0.3, 0.4) is 0 Å². The van der Waals surface area contributed by atoms with Crippen LogP contribution in [0.25, 0.3) is 11.0 Å². The molecule has 3 heterocycles. The van der Waals surface area contributed by atoms with E-state index >= 15 is 0 Å². The molecule has 0 N–H and O–H groups in total. The molecule has 1 aromatic carbocycles. The average molecular weight is 364 g/mol. The predicted molar refractivity (Wildman–Crippen MR) is 101 cm³/mol. The molecular formula is C21H20N2O4. The quantitative estimate of drug-likeness (QED) is 0.696. The van der Waals surface area contributed by atoms with Gasteiger partial charge in [0, 0.05) is 26.0 Å². The summed E-state index contributed by atoms with van der Waals surface area (Å²) in [5.74, 6) is -0.184. The SMILES string of the molecule is CCc1ccc2oc3c(c(=O)c2c1)C(c1cccnc1)N(CCOC)C3=O. The van der Waals surface area contributed by atoms with Crippen molar-refractivity contribution in [2.75, 3.05) is 20.3 Å². The zero-order valence-electron chi connectivity index (χ0n) is 15.3. The van der Waals surface area contributed by atoms with Gasteiger partial charge in [0.1, 0.15) is 5.58 Å². The van der Waals surface area contributed by atoms with E-state index in [9.17, 15) is 9.59 Å². The lowest BCUT2D eigenvalue weighted by molar-refractivity contribution is 0.0663. The van der Waals surface area contributed by atoms with Gasteiger partial charge in [0.15, 0.2) is 5.43 Å². The molecule has 0 saturated carbocycles. The number of aromatic nitrogens is 1. The fourth-order valence-electron chi connectivity index (χ4n) is 3.59. The monoisotopic (exact) mass is 364 g/mol. The fourth-order valence-corrected chi connectivity index (χ4v) is 3.59. The summed E-state index contributed by atoms with van der Waals surface area (Å²) >= 11 is 0. The van der Waals surface area contributed by atoms with Crippen LogP contribution in [0.4, 0.5) is 0 Å². The summed E-state index contributed by atoms with van der Waals surface area (Å²) in [6.45, 7) is 2.75. The zero-order chi connectivity index (χ0) is 19.0. The van der Waals surface area contributed by atoms with Crippen molar-refractivity contribution < 1.29 is 13.9 Å². The number of hydrogen-bond acceptors (Lipinski definition) is 5. The molecule has 0 spiro atoms. The van der Waals surface area contributed by atoms with Crippen LogP contribution < -0.4 is 5.43 Å². The summed E-state index contributed by atoms with van der Waals surface area (Å²) in [6, 6.07) is 8.67.